The van der Waals surface area contributed by atoms with Gasteiger partial charge in [-0.1, -0.05) is 66.7 Å². The van der Waals surface area contributed by atoms with E-state index in [9.17, 15) is 0 Å². The van der Waals surface area contributed by atoms with Crippen molar-refractivity contribution in [2.45, 2.75) is 13.8 Å². The van der Waals surface area contributed by atoms with Crippen molar-refractivity contribution in [2.75, 3.05) is 0 Å². The quantitative estimate of drug-likeness (QED) is 0.332. The Bertz CT molecular complexity index is 956. The predicted molar refractivity (Wildman–Crippen MR) is 115 cm³/mol. The van der Waals surface area contributed by atoms with Gasteiger partial charge in [-0.25, -0.2) is 0 Å². The standard InChI is InChI=1S/C25H21S/c1-18-23(20-12-6-3-7-13-20)19(2)25(22-16-10-5-11-17-22)26-24(18)21-14-8-4-9-15-21/h3-17H,1-2H3/q+1. The van der Waals surface area contributed by atoms with Crippen LogP contribution < -0.4 is 0 Å². The summed E-state index contributed by atoms with van der Waals surface area (Å²) in [6.45, 7) is 4.51. The molecule has 1 heteroatoms. The van der Waals surface area contributed by atoms with E-state index < -0.39 is 0 Å². The number of hydrogen-bond donors (Lipinski definition) is 0. The van der Waals surface area contributed by atoms with Crippen molar-refractivity contribution in [2.24, 2.45) is 0 Å². The van der Waals surface area contributed by atoms with Gasteiger partial charge in [-0.15, -0.1) is 0 Å². The maximum absolute atomic E-state index is 2.25. The Labute approximate surface area is 159 Å². The third-order valence-electron chi connectivity index (χ3n) is 4.77. The van der Waals surface area contributed by atoms with E-state index in [2.05, 4.69) is 105 Å². The summed E-state index contributed by atoms with van der Waals surface area (Å²) in [6, 6.07) is 32.2. The molecule has 0 N–H and O–H groups in total. The summed E-state index contributed by atoms with van der Waals surface area (Å²) >= 11 is 1.89. The fraction of sp³-hybridized carbons (Fsp3) is 0.0800. The van der Waals surface area contributed by atoms with Crippen LogP contribution in [0.4, 0.5) is 0 Å². The second kappa shape index (κ2) is 7.23. The third-order valence-corrected chi connectivity index (χ3v) is 6.26. The number of rotatable bonds is 3. The summed E-state index contributed by atoms with van der Waals surface area (Å²) in [7, 11) is 0. The Morgan fingerprint density at radius 3 is 1.19 bits per heavy atom. The van der Waals surface area contributed by atoms with Crippen LogP contribution in [0, 0.1) is 13.8 Å². The molecule has 0 aliphatic heterocycles. The SMILES string of the molecule is Cc1c(-c2ccccc2)[s+]c(-c2ccccc2)c(C)c1-c1ccccc1. The van der Waals surface area contributed by atoms with Crippen LogP contribution in [-0.2, 0) is 0 Å². The molecule has 0 aliphatic carbocycles. The molecule has 126 valence electrons. The highest BCUT2D eigenvalue weighted by Gasteiger charge is 2.26. The van der Waals surface area contributed by atoms with Crippen LogP contribution in [0.2, 0.25) is 0 Å². The molecule has 0 saturated heterocycles. The van der Waals surface area contributed by atoms with Gasteiger partial charge in [0.25, 0.3) is 0 Å². The highest BCUT2D eigenvalue weighted by molar-refractivity contribution is 7.18. The molecule has 0 nitrogen and oxygen atoms in total. The summed E-state index contributed by atoms with van der Waals surface area (Å²) in [5.41, 5.74) is 7.90. The molecule has 0 unspecified atom stereocenters. The Morgan fingerprint density at radius 2 is 0.808 bits per heavy atom. The first-order chi connectivity index (χ1) is 12.8. The molecule has 0 radical (unpaired) electrons. The summed E-state index contributed by atoms with van der Waals surface area (Å²) in [6.07, 6.45) is 0. The Balaban J connectivity index is 2.05. The van der Waals surface area contributed by atoms with E-state index in [1.54, 1.807) is 0 Å². The minimum Gasteiger partial charge on any atom is -0.0622 e. The normalized spacial score (nSPS) is 10.7. The van der Waals surface area contributed by atoms with Crippen LogP contribution in [-0.4, -0.2) is 0 Å². The van der Waals surface area contributed by atoms with Crippen molar-refractivity contribution in [3.63, 3.8) is 0 Å². The Kier molecular flexibility index (Phi) is 4.64. The van der Waals surface area contributed by atoms with E-state index in [-0.39, 0.29) is 0 Å². The molecule has 0 aliphatic rings. The molecular formula is C25H21S+. The van der Waals surface area contributed by atoms with E-state index in [1.165, 1.54) is 43.1 Å². The van der Waals surface area contributed by atoms with Crippen molar-refractivity contribution in [1.29, 1.82) is 0 Å². The molecule has 0 bridgehead atoms. The molecule has 0 atom stereocenters. The molecule has 0 spiro atoms. The van der Waals surface area contributed by atoms with Crippen molar-refractivity contribution in [3.8, 4) is 32.0 Å². The second-order valence-corrected chi connectivity index (χ2v) is 7.50. The fourth-order valence-corrected chi connectivity index (χ4v) is 4.75. The largest absolute Gasteiger partial charge is 0.242 e. The predicted octanol–water partition coefficient (Wildman–Crippen LogP) is 7.65. The zero-order chi connectivity index (χ0) is 17.9. The summed E-state index contributed by atoms with van der Waals surface area (Å²) in [4.78, 5) is 2.68. The minimum absolute atomic E-state index is 1.28. The van der Waals surface area contributed by atoms with E-state index in [0.29, 0.717) is 0 Å². The van der Waals surface area contributed by atoms with Crippen LogP contribution >= 0.6 is 11.3 Å². The number of hydrogen-bond acceptors (Lipinski definition) is 0. The molecule has 0 amide bonds. The van der Waals surface area contributed by atoms with Crippen LogP contribution in [0.1, 0.15) is 11.1 Å². The monoisotopic (exact) mass is 353 g/mol. The first-order valence-electron chi connectivity index (χ1n) is 8.89. The molecule has 1 heterocycles. The first kappa shape index (κ1) is 16.7. The average Bonchev–Trinajstić information content (AvgIpc) is 2.70. The molecule has 4 rings (SSSR count). The maximum Gasteiger partial charge on any atom is 0.242 e. The van der Waals surface area contributed by atoms with Crippen molar-refractivity contribution in [1.82, 2.24) is 0 Å². The lowest BCUT2D eigenvalue weighted by molar-refractivity contribution is 1.41. The summed E-state index contributed by atoms with van der Waals surface area (Å²) in [5.74, 6) is 0. The summed E-state index contributed by atoms with van der Waals surface area (Å²) in [5, 5.41) is 0. The van der Waals surface area contributed by atoms with Gasteiger partial charge in [0.05, 0.1) is 0 Å². The lowest BCUT2D eigenvalue weighted by atomic mass is 9.94. The maximum atomic E-state index is 2.25. The first-order valence-corrected chi connectivity index (χ1v) is 9.71. The number of benzene rings is 3. The third kappa shape index (κ3) is 3.07. The van der Waals surface area contributed by atoms with Crippen molar-refractivity contribution in [3.05, 3.63) is 102 Å². The lowest BCUT2D eigenvalue weighted by Crippen LogP contribution is -1.94. The summed E-state index contributed by atoms with van der Waals surface area (Å²) < 4.78 is 0. The van der Waals surface area contributed by atoms with Gasteiger partial charge in [0, 0.05) is 22.3 Å². The van der Waals surface area contributed by atoms with Gasteiger partial charge in [0.2, 0.25) is 21.1 Å². The molecule has 0 saturated carbocycles. The average molecular weight is 354 g/mol. The highest BCUT2D eigenvalue weighted by Crippen LogP contribution is 2.43. The minimum atomic E-state index is 1.28. The van der Waals surface area contributed by atoms with E-state index in [1.807, 2.05) is 11.3 Å². The zero-order valence-corrected chi connectivity index (χ0v) is 15.9. The van der Waals surface area contributed by atoms with Gasteiger partial charge in [-0.2, -0.15) is 0 Å². The molecule has 26 heavy (non-hydrogen) atoms. The topological polar surface area (TPSA) is 0 Å². The lowest BCUT2D eigenvalue weighted by Gasteiger charge is -2.11. The molecular weight excluding hydrogens is 332 g/mol. The van der Waals surface area contributed by atoms with Gasteiger partial charge in [-0.05, 0) is 49.2 Å². The fourth-order valence-electron chi connectivity index (χ4n) is 3.53. The van der Waals surface area contributed by atoms with Crippen LogP contribution in [0.15, 0.2) is 91.0 Å². The van der Waals surface area contributed by atoms with Gasteiger partial charge >= 0.3 is 0 Å². The van der Waals surface area contributed by atoms with Crippen molar-refractivity contribution < 1.29 is 0 Å². The van der Waals surface area contributed by atoms with Gasteiger partial charge in [-0.3, -0.25) is 0 Å². The smallest absolute Gasteiger partial charge is 0.0622 e. The van der Waals surface area contributed by atoms with Crippen LogP contribution in [0.5, 0.6) is 0 Å². The Hall–Kier alpha value is -2.77. The Morgan fingerprint density at radius 1 is 0.462 bits per heavy atom. The van der Waals surface area contributed by atoms with Gasteiger partial charge < -0.3 is 0 Å². The highest BCUT2D eigenvalue weighted by atomic mass is 32.1. The zero-order valence-electron chi connectivity index (χ0n) is 15.1. The molecule has 1 aromatic heterocycles. The molecule has 0 fully saturated rings. The van der Waals surface area contributed by atoms with Crippen molar-refractivity contribution >= 4 is 11.3 Å². The van der Waals surface area contributed by atoms with Gasteiger partial charge in [0.1, 0.15) is 0 Å². The van der Waals surface area contributed by atoms with Crippen LogP contribution in [0.3, 0.4) is 0 Å². The molecule has 3 aromatic carbocycles. The van der Waals surface area contributed by atoms with E-state index in [4.69, 9.17) is 0 Å². The van der Waals surface area contributed by atoms with Gasteiger partial charge in [0.15, 0.2) is 0 Å². The van der Waals surface area contributed by atoms with E-state index in [0.717, 1.165) is 0 Å². The van der Waals surface area contributed by atoms with E-state index >= 15 is 0 Å². The second-order valence-electron chi connectivity index (χ2n) is 6.48. The van der Waals surface area contributed by atoms with Crippen LogP contribution in [0.25, 0.3) is 32.0 Å². The molecule has 4 aromatic rings.